The smallest absolute Gasteiger partial charge is 0.276 e. The zero-order valence-corrected chi connectivity index (χ0v) is 14.2. The van der Waals surface area contributed by atoms with Crippen molar-refractivity contribution in [1.29, 1.82) is 0 Å². The van der Waals surface area contributed by atoms with E-state index in [2.05, 4.69) is 32.1 Å². The number of benzene rings is 2. The zero-order chi connectivity index (χ0) is 16.7. The third-order valence-corrected chi connectivity index (χ3v) is 3.29. The fraction of sp³-hybridized carbons (Fsp3) is 0.0667. The van der Waals surface area contributed by atoms with E-state index in [4.69, 9.17) is 17.0 Å². The summed E-state index contributed by atoms with van der Waals surface area (Å²) in [6.45, 7) is -0.340. The predicted octanol–water partition coefficient (Wildman–Crippen LogP) is 2.98. The molecule has 0 aliphatic heterocycles. The Labute approximate surface area is 146 Å². The van der Waals surface area contributed by atoms with E-state index in [9.17, 15) is 9.18 Å². The van der Waals surface area contributed by atoms with E-state index < -0.39 is 11.7 Å². The number of carbonyl (C=O) groups excluding carboxylic acids is 1. The molecule has 0 saturated carbocycles. The van der Waals surface area contributed by atoms with E-state index in [0.717, 1.165) is 10.2 Å². The fourth-order valence-electron chi connectivity index (χ4n) is 1.60. The number of hydrazine groups is 1. The molecule has 8 heteroatoms. The van der Waals surface area contributed by atoms with Gasteiger partial charge in [0.1, 0.15) is 0 Å². The first-order valence-electron chi connectivity index (χ1n) is 6.53. The van der Waals surface area contributed by atoms with Crippen molar-refractivity contribution in [2.24, 2.45) is 0 Å². The monoisotopic (exact) mass is 397 g/mol. The Morgan fingerprint density at radius 1 is 1.17 bits per heavy atom. The van der Waals surface area contributed by atoms with Crippen LogP contribution in [0, 0.1) is 5.82 Å². The van der Waals surface area contributed by atoms with Crippen molar-refractivity contribution in [3.8, 4) is 5.75 Å². The lowest BCUT2D eigenvalue weighted by atomic mass is 10.3. The summed E-state index contributed by atoms with van der Waals surface area (Å²) in [5, 5.41) is 3.11. The van der Waals surface area contributed by atoms with Crippen LogP contribution >= 0.6 is 28.1 Å². The Bertz CT molecular complexity index is 715. The average Bonchev–Trinajstić information content (AvgIpc) is 2.52. The summed E-state index contributed by atoms with van der Waals surface area (Å²) in [7, 11) is 0. The summed E-state index contributed by atoms with van der Waals surface area (Å²) in [5.41, 5.74) is 5.65. The minimum absolute atomic E-state index is 0.0116. The molecule has 0 aromatic heterocycles. The Morgan fingerprint density at radius 3 is 2.70 bits per heavy atom. The maximum Gasteiger partial charge on any atom is 0.276 e. The van der Waals surface area contributed by atoms with Crippen LogP contribution in [0.25, 0.3) is 0 Å². The molecule has 0 atom stereocenters. The van der Waals surface area contributed by atoms with Crippen molar-refractivity contribution in [2.75, 3.05) is 11.9 Å². The molecule has 23 heavy (non-hydrogen) atoms. The molecule has 5 nitrogen and oxygen atoms in total. The van der Waals surface area contributed by atoms with Gasteiger partial charge in [0.15, 0.2) is 23.3 Å². The molecule has 0 saturated heterocycles. The van der Waals surface area contributed by atoms with E-state index in [-0.39, 0.29) is 17.5 Å². The number of amides is 1. The van der Waals surface area contributed by atoms with Gasteiger partial charge in [-0.2, -0.15) is 0 Å². The first-order chi connectivity index (χ1) is 11.0. The number of thiocarbonyl (C=S) groups is 1. The molecule has 2 aromatic rings. The number of halogens is 2. The van der Waals surface area contributed by atoms with Gasteiger partial charge in [0.05, 0.1) is 0 Å². The van der Waals surface area contributed by atoms with Crippen LogP contribution in [0.3, 0.4) is 0 Å². The Morgan fingerprint density at radius 2 is 1.96 bits per heavy atom. The van der Waals surface area contributed by atoms with Gasteiger partial charge in [0.25, 0.3) is 5.91 Å². The second-order valence-corrected chi connectivity index (χ2v) is 5.68. The van der Waals surface area contributed by atoms with Crippen LogP contribution < -0.4 is 20.9 Å². The van der Waals surface area contributed by atoms with Gasteiger partial charge in [-0.05, 0) is 42.5 Å². The van der Waals surface area contributed by atoms with Gasteiger partial charge in [-0.3, -0.25) is 15.6 Å². The molecule has 2 rings (SSSR count). The van der Waals surface area contributed by atoms with Gasteiger partial charge < -0.3 is 10.1 Å². The predicted molar refractivity (Wildman–Crippen MR) is 93.5 cm³/mol. The van der Waals surface area contributed by atoms with Crippen LogP contribution in [0.4, 0.5) is 10.1 Å². The lowest BCUT2D eigenvalue weighted by Crippen LogP contribution is -2.45. The van der Waals surface area contributed by atoms with Crippen LogP contribution in [-0.4, -0.2) is 17.6 Å². The van der Waals surface area contributed by atoms with Crippen LogP contribution in [0.1, 0.15) is 0 Å². The number of rotatable bonds is 4. The standard InChI is InChI=1S/C15H13BrFN3O2S/c16-10-4-3-5-11(8-10)18-15(23)20-19-14(21)9-22-13-7-2-1-6-12(13)17/h1-8H,9H2,(H,19,21)(H2,18,20,23). The molecule has 120 valence electrons. The number of hydrogen-bond acceptors (Lipinski definition) is 3. The number of nitrogens with one attached hydrogen (secondary N) is 3. The van der Waals surface area contributed by atoms with Crippen molar-refractivity contribution in [3.63, 3.8) is 0 Å². The highest BCUT2D eigenvalue weighted by atomic mass is 79.9. The SMILES string of the molecule is O=C(COc1ccccc1F)NNC(=S)Nc1cccc(Br)c1. The lowest BCUT2D eigenvalue weighted by Gasteiger charge is -2.12. The van der Waals surface area contributed by atoms with Crippen LogP contribution in [0.15, 0.2) is 53.0 Å². The molecule has 3 N–H and O–H groups in total. The number of carbonyl (C=O) groups is 1. The molecule has 0 heterocycles. The third-order valence-electron chi connectivity index (χ3n) is 2.59. The number of ether oxygens (including phenoxy) is 1. The largest absolute Gasteiger partial charge is 0.481 e. The molecule has 0 aliphatic carbocycles. The van der Waals surface area contributed by atoms with Crippen LogP contribution in [0.2, 0.25) is 0 Å². The van der Waals surface area contributed by atoms with Crippen molar-refractivity contribution < 1.29 is 13.9 Å². The minimum atomic E-state index is -0.528. The van der Waals surface area contributed by atoms with Gasteiger partial charge in [-0.1, -0.05) is 34.1 Å². The average molecular weight is 398 g/mol. The Balaban J connectivity index is 1.74. The topological polar surface area (TPSA) is 62.4 Å². The first-order valence-corrected chi connectivity index (χ1v) is 7.73. The van der Waals surface area contributed by atoms with E-state index in [1.807, 2.05) is 24.3 Å². The van der Waals surface area contributed by atoms with E-state index >= 15 is 0 Å². The van der Waals surface area contributed by atoms with Gasteiger partial charge >= 0.3 is 0 Å². The molecular formula is C15H13BrFN3O2S. The van der Waals surface area contributed by atoms with Gasteiger partial charge in [-0.15, -0.1) is 0 Å². The van der Waals surface area contributed by atoms with Gasteiger partial charge in [0, 0.05) is 10.2 Å². The van der Waals surface area contributed by atoms with Crippen LogP contribution in [-0.2, 0) is 4.79 Å². The number of hydrogen-bond donors (Lipinski definition) is 3. The molecular weight excluding hydrogens is 385 g/mol. The highest BCUT2D eigenvalue weighted by molar-refractivity contribution is 9.10. The van der Waals surface area contributed by atoms with E-state index in [0.29, 0.717) is 0 Å². The fourth-order valence-corrected chi connectivity index (χ4v) is 2.16. The Kier molecular flexibility index (Phi) is 6.30. The highest BCUT2D eigenvalue weighted by Gasteiger charge is 2.06. The molecule has 1 amide bonds. The van der Waals surface area contributed by atoms with Crippen molar-refractivity contribution in [3.05, 3.63) is 58.8 Å². The third kappa shape index (κ3) is 5.84. The van der Waals surface area contributed by atoms with E-state index in [1.165, 1.54) is 18.2 Å². The summed E-state index contributed by atoms with van der Waals surface area (Å²) >= 11 is 8.39. The number of anilines is 1. The quantitative estimate of drug-likeness (QED) is 0.546. The summed E-state index contributed by atoms with van der Waals surface area (Å²) in [6, 6.07) is 13.2. The van der Waals surface area contributed by atoms with Crippen molar-refractivity contribution >= 4 is 44.9 Å². The summed E-state index contributed by atoms with van der Waals surface area (Å²) < 4.78 is 19.3. The summed E-state index contributed by atoms with van der Waals surface area (Å²) in [5.74, 6) is -1.01. The molecule has 2 aromatic carbocycles. The molecule has 0 radical (unpaired) electrons. The second-order valence-electron chi connectivity index (χ2n) is 4.36. The highest BCUT2D eigenvalue weighted by Crippen LogP contribution is 2.15. The van der Waals surface area contributed by atoms with Crippen molar-refractivity contribution in [1.82, 2.24) is 10.9 Å². The summed E-state index contributed by atoms with van der Waals surface area (Å²) in [6.07, 6.45) is 0. The molecule has 0 aliphatic rings. The zero-order valence-electron chi connectivity index (χ0n) is 11.8. The maximum absolute atomic E-state index is 13.3. The molecule has 0 unspecified atom stereocenters. The second kappa shape index (κ2) is 8.44. The van der Waals surface area contributed by atoms with Gasteiger partial charge in [-0.25, -0.2) is 4.39 Å². The maximum atomic E-state index is 13.3. The van der Waals surface area contributed by atoms with E-state index in [1.54, 1.807) is 6.07 Å². The normalized spacial score (nSPS) is 9.83. The number of para-hydroxylation sites is 1. The minimum Gasteiger partial charge on any atom is -0.481 e. The van der Waals surface area contributed by atoms with Crippen LogP contribution in [0.5, 0.6) is 5.75 Å². The van der Waals surface area contributed by atoms with Gasteiger partial charge in [0.2, 0.25) is 0 Å². The molecule has 0 bridgehead atoms. The molecule has 0 fully saturated rings. The Hall–Kier alpha value is -2.19. The van der Waals surface area contributed by atoms with Crippen molar-refractivity contribution in [2.45, 2.75) is 0 Å². The first kappa shape index (κ1) is 17.2. The lowest BCUT2D eigenvalue weighted by molar-refractivity contribution is -0.123. The molecule has 0 spiro atoms. The summed E-state index contributed by atoms with van der Waals surface area (Å²) in [4.78, 5) is 11.6.